The molecular weight excluding hydrogens is 72.0 g/mol. The lowest BCUT2D eigenvalue weighted by molar-refractivity contribution is -0.136. The van der Waals surface area contributed by atoms with E-state index in [9.17, 15) is 4.79 Å². The van der Waals surface area contributed by atoms with E-state index in [0.717, 1.165) is 0 Å². The van der Waals surface area contributed by atoms with E-state index in [4.69, 9.17) is 6.48 Å². The molecule has 1 N–H and O–H groups in total. The second-order valence-electron chi connectivity index (χ2n) is 0.357. The van der Waals surface area contributed by atoms with Crippen molar-refractivity contribution in [2.45, 2.75) is 0 Å². The molecule has 0 saturated heterocycles. The lowest BCUT2D eigenvalue weighted by Gasteiger charge is -1.79. The number of hydrogen-bond acceptors (Lipinski definition) is 3. The summed E-state index contributed by atoms with van der Waals surface area (Å²) < 4.78 is 9.58. The molecular formula is C2H4O3. The number of rotatable bonds is 1. The molecule has 0 aromatic carbocycles. The van der Waals surface area contributed by atoms with Gasteiger partial charge in [0.2, 0.25) is 0 Å². The molecule has 0 unspecified atom stereocenters. The van der Waals surface area contributed by atoms with Gasteiger partial charge in [-0.3, -0.25) is 4.79 Å². The third-order valence-corrected chi connectivity index (χ3v) is 0.123. The lowest BCUT2D eigenvalue weighted by atomic mass is 11.4. The Morgan fingerprint density at radius 2 is 3.00 bits per heavy atom. The first-order valence-corrected chi connectivity index (χ1v) is 1.01. The minimum Gasteiger partial charge on any atom is -0.441 e. The zero-order chi connectivity index (χ0) is 4.99. The topological polar surface area (TPSA) is 46.5 Å². The molecule has 0 aliphatic heterocycles. The number of aliphatic hydroxyl groups excluding tert-OH is 1. The lowest BCUT2D eigenvalue weighted by Crippen LogP contribution is -1.85. The first-order chi connectivity index (χ1) is 2.77. The quantitative estimate of drug-likeness (QED) is 0.327. The van der Waals surface area contributed by atoms with Crippen LogP contribution in [-0.4, -0.2) is 18.3 Å². The highest BCUT2D eigenvalue weighted by Gasteiger charge is 1.61. The summed E-state index contributed by atoms with van der Waals surface area (Å²) in [4.78, 5) is 9.33. The molecule has 0 atom stereocenters. The van der Waals surface area contributed by atoms with Gasteiger partial charge in [-0.1, -0.05) is 0 Å². The van der Waals surface area contributed by atoms with E-state index in [0.29, 0.717) is 0 Å². The Balaban J connectivity index is 2.83. The summed E-state index contributed by atoms with van der Waals surface area (Å²) in [5, 5.41) is 7.67. The largest absolute Gasteiger partial charge is 0.441 e. The fourth-order valence-corrected chi connectivity index (χ4v) is 0.0264. The monoisotopic (exact) mass is 78.0 g/mol. The number of aliphatic hydroxyl groups is 1. The van der Waals surface area contributed by atoms with Gasteiger partial charge in [0.1, 0.15) is 0 Å². The summed E-state index contributed by atoms with van der Waals surface area (Å²) in [5.74, 6) is 0. The molecule has 0 bridgehead atoms. The number of carbonyl (C=O) groups is 1. The van der Waals surface area contributed by atoms with E-state index in [1.54, 1.807) is 0 Å². The minimum atomic E-state index is -1.21. The van der Waals surface area contributed by atoms with Crippen molar-refractivity contribution < 1.29 is 16.0 Å². The van der Waals surface area contributed by atoms with Crippen molar-refractivity contribution in [1.82, 2.24) is 0 Å². The molecule has 0 fully saturated rings. The summed E-state index contributed by atoms with van der Waals surface area (Å²) >= 11 is 0. The summed E-state index contributed by atoms with van der Waals surface area (Å²) in [7, 11) is 0. The van der Waals surface area contributed by atoms with Crippen LogP contribution in [0.1, 0.15) is 1.37 Å². The molecule has 0 aliphatic carbocycles. The van der Waals surface area contributed by atoms with Crippen LogP contribution < -0.4 is 0 Å². The molecule has 5 heavy (non-hydrogen) atoms. The van der Waals surface area contributed by atoms with Gasteiger partial charge in [0.25, 0.3) is 6.45 Å². The van der Waals surface area contributed by atoms with E-state index in [2.05, 4.69) is 4.74 Å². The van der Waals surface area contributed by atoms with E-state index >= 15 is 0 Å². The fourth-order valence-electron chi connectivity index (χ4n) is 0.0264. The Morgan fingerprint density at radius 1 is 2.40 bits per heavy atom. The molecule has 0 aromatic heterocycles. The number of hydrogen-bond donors (Lipinski definition) is 1. The van der Waals surface area contributed by atoms with Crippen LogP contribution in [0.2, 0.25) is 0 Å². The molecule has 0 rings (SSSR count). The number of ether oxygens (including phenoxy) is 1. The van der Waals surface area contributed by atoms with Gasteiger partial charge >= 0.3 is 0 Å². The van der Waals surface area contributed by atoms with Crippen molar-refractivity contribution in [3.63, 3.8) is 0 Å². The Hall–Kier alpha value is -0.570. The summed E-state index contributed by atoms with van der Waals surface area (Å²) in [6.45, 7) is -0.706. The highest BCUT2D eigenvalue weighted by molar-refractivity contribution is 5.36. The Labute approximate surface area is 30.6 Å². The molecule has 0 aromatic rings. The molecule has 30 valence electrons. The Kier molecular flexibility index (Phi) is 1.82. The average Bonchev–Trinajstić information content (AvgIpc) is 1.35. The third-order valence-electron chi connectivity index (χ3n) is 0.123. The second kappa shape index (κ2) is 3.43. The third kappa shape index (κ3) is 3.43. The van der Waals surface area contributed by atoms with Gasteiger partial charge in [-0.25, -0.2) is 0 Å². The van der Waals surface area contributed by atoms with Crippen LogP contribution in [0, 0.1) is 0 Å². The maximum Gasteiger partial charge on any atom is 0.295 e. The summed E-state index contributed by atoms with van der Waals surface area (Å²) in [5.41, 5.74) is 0. The van der Waals surface area contributed by atoms with Crippen LogP contribution in [0.4, 0.5) is 0 Å². The van der Waals surface area contributed by atoms with Gasteiger partial charge in [0, 0.05) is 0 Å². The molecule has 0 saturated carbocycles. The fraction of sp³-hybridized carbons (Fsp3) is 0.500. The maximum absolute atomic E-state index is 9.33. The van der Waals surface area contributed by atoms with Crippen LogP contribution in [0.5, 0.6) is 0 Å². The van der Waals surface area contributed by atoms with E-state index < -0.39 is 13.2 Å². The number of carbonyl (C=O) groups excluding carboxylic acids is 1. The molecule has 0 aliphatic rings. The van der Waals surface area contributed by atoms with Gasteiger partial charge in [-0.2, -0.15) is 0 Å². The van der Waals surface area contributed by atoms with Crippen molar-refractivity contribution in [3.8, 4) is 0 Å². The van der Waals surface area contributed by atoms with Crippen molar-refractivity contribution in [3.05, 3.63) is 0 Å². The van der Waals surface area contributed by atoms with E-state index in [-0.39, 0.29) is 0 Å². The SMILES string of the molecule is [3H]C(=O)OCO. The molecule has 0 amide bonds. The summed E-state index contributed by atoms with van der Waals surface area (Å²) in [6.07, 6.45) is -1.21. The predicted molar refractivity (Wildman–Crippen MR) is 14.2 cm³/mol. The van der Waals surface area contributed by atoms with Gasteiger partial charge in [-0.15, -0.1) is 0 Å². The van der Waals surface area contributed by atoms with Gasteiger partial charge in [-0.05, 0) is 0 Å². The van der Waals surface area contributed by atoms with Gasteiger partial charge in [0.15, 0.2) is 8.16 Å². The summed E-state index contributed by atoms with van der Waals surface area (Å²) in [6, 6.07) is 0. The highest BCUT2D eigenvalue weighted by Crippen LogP contribution is 1.49. The Morgan fingerprint density at radius 3 is 3.00 bits per heavy atom. The standard InChI is InChI=1S/C2H4O3/c3-1-5-2-4/h1,4H,2H2/i1T. The van der Waals surface area contributed by atoms with Crippen molar-refractivity contribution in [2.75, 3.05) is 6.79 Å². The smallest absolute Gasteiger partial charge is 0.295 e. The van der Waals surface area contributed by atoms with Crippen LogP contribution >= 0.6 is 0 Å². The first-order valence-electron chi connectivity index (χ1n) is 1.51. The van der Waals surface area contributed by atoms with Crippen LogP contribution in [0.15, 0.2) is 0 Å². The van der Waals surface area contributed by atoms with Crippen LogP contribution in [0.25, 0.3) is 0 Å². The molecule has 3 heteroatoms. The van der Waals surface area contributed by atoms with E-state index in [1.165, 1.54) is 0 Å². The average molecular weight is 78.1 g/mol. The predicted octanol–water partition coefficient (Wildman–Crippen LogP) is -0.891. The van der Waals surface area contributed by atoms with Crippen molar-refractivity contribution >= 4 is 6.45 Å². The minimum absolute atomic E-state index is 0.706. The zero-order valence-corrected chi connectivity index (χ0v) is 2.47. The highest BCUT2D eigenvalue weighted by atomic mass is 16.6. The van der Waals surface area contributed by atoms with Crippen molar-refractivity contribution in [1.29, 1.82) is 0 Å². The second-order valence-corrected chi connectivity index (χ2v) is 0.357. The van der Waals surface area contributed by atoms with E-state index in [1.807, 2.05) is 0 Å². The van der Waals surface area contributed by atoms with Gasteiger partial charge in [0.05, 0.1) is 0 Å². The molecule has 3 nitrogen and oxygen atoms in total. The Bertz CT molecular complexity index is 52.8. The zero-order valence-electron chi connectivity index (χ0n) is 3.47. The maximum atomic E-state index is 9.33. The first kappa shape index (κ1) is 2.66. The normalized spacial score (nSPS) is 9.40. The molecule has 0 heterocycles. The molecule has 0 spiro atoms. The molecule has 0 radical (unpaired) electrons. The van der Waals surface area contributed by atoms with Crippen LogP contribution in [-0.2, 0) is 9.53 Å². The van der Waals surface area contributed by atoms with Gasteiger partial charge < -0.3 is 9.84 Å². The van der Waals surface area contributed by atoms with Crippen molar-refractivity contribution in [2.24, 2.45) is 0 Å². The van der Waals surface area contributed by atoms with Crippen LogP contribution in [0.3, 0.4) is 0 Å².